The van der Waals surface area contributed by atoms with E-state index in [1.165, 1.54) is 5.56 Å². The van der Waals surface area contributed by atoms with Crippen LogP contribution < -0.4 is 14.8 Å². The summed E-state index contributed by atoms with van der Waals surface area (Å²) in [5.41, 5.74) is 1.29. The highest BCUT2D eigenvalue weighted by Gasteiger charge is 2.17. The van der Waals surface area contributed by atoms with Crippen molar-refractivity contribution in [1.29, 1.82) is 0 Å². The van der Waals surface area contributed by atoms with E-state index in [-0.39, 0.29) is 0 Å². The number of hydrogen-bond donors (Lipinski definition) is 1. The van der Waals surface area contributed by atoms with Crippen molar-refractivity contribution in [3.05, 3.63) is 23.8 Å². The number of benzene rings is 1. The van der Waals surface area contributed by atoms with Gasteiger partial charge in [0.2, 0.25) is 0 Å². The quantitative estimate of drug-likeness (QED) is 0.881. The minimum atomic E-state index is 0.398. The van der Waals surface area contributed by atoms with Crippen molar-refractivity contribution in [3.8, 4) is 11.5 Å². The number of nitrogens with one attached hydrogen (secondary N) is 1. The Labute approximate surface area is 116 Å². The van der Waals surface area contributed by atoms with E-state index in [0.29, 0.717) is 12.0 Å². The summed E-state index contributed by atoms with van der Waals surface area (Å²) in [6.07, 6.45) is 2.23. The number of ether oxygens (including phenoxy) is 2. The van der Waals surface area contributed by atoms with Gasteiger partial charge in [0.15, 0.2) is 11.5 Å². The molecule has 0 amide bonds. The molecule has 2 atom stereocenters. The Balaban J connectivity index is 2.15. The van der Waals surface area contributed by atoms with E-state index in [1.807, 2.05) is 6.07 Å². The highest BCUT2D eigenvalue weighted by molar-refractivity contribution is 5.44. The lowest BCUT2D eigenvalue weighted by Crippen LogP contribution is -2.21. The van der Waals surface area contributed by atoms with Crippen molar-refractivity contribution in [2.75, 3.05) is 19.8 Å². The van der Waals surface area contributed by atoms with E-state index in [0.717, 1.165) is 44.1 Å². The van der Waals surface area contributed by atoms with E-state index in [4.69, 9.17) is 9.47 Å². The first-order chi connectivity index (χ1) is 9.24. The fourth-order valence-electron chi connectivity index (χ4n) is 2.30. The Morgan fingerprint density at radius 2 is 1.95 bits per heavy atom. The molecular formula is C16H25NO2. The maximum Gasteiger partial charge on any atom is 0.161 e. The summed E-state index contributed by atoms with van der Waals surface area (Å²) in [4.78, 5) is 0. The Kier molecular flexibility index (Phi) is 5.08. The van der Waals surface area contributed by atoms with Gasteiger partial charge in [-0.25, -0.2) is 0 Å². The molecule has 1 aromatic rings. The average molecular weight is 263 g/mol. The monoisotopic (exact) mass is 263 g/mol. The van der Waals surface area contributed by atoms with E-state index in [1.54, 1.807) is 0 Å². The van der Waals surface area contributed by atoms with Crippen LogP contribution in [0, 0.1) is 5.92 Å². The minimum absolute atomic E-state index is 0.398. The van der Waals surface area contributed by atoms with Gasteiger partial charge >= 0.3 is 0 Å². The van der Waals surface area contributed by atoms with Gasteiger partial charge in [0.25, 0.3) is 0 Å². The molecule has 2 unspecified atom stereocenters. The second-order valence-electron chi connectivity index (χ2n) is 5.35. The topological polar surface area (TPSA) is 30.5 Å². The molecule has 0 spiro atoms. The largest absolute Gasteiger partial charge is 0.489 e. The molecule has 0 fully saturated rings. The summed E-state index contributed by atoms with van der Waals surface area (Å²) >= 11 is 0. The summed E-state index contributed by atoms with van der Waals surface area (Å²) < 4.78 is 11.6. The van der Waals surface area contributed by atoms with Gasteiger partial charge in [-0.2, -0.15) is 0 Å². The van der Waals surface area contributed by atoms with E-state index < -0.39 is 0 Å². The van der Waals surface area contributed by atoms with Gasteiger partial charge in [-0.05, 0) is 37.1 Å². The van der Waals surface area contributed by atoms with Crippen LogP contribution >= 0.6 is 0 Å². The van der Waals surface area contributed by atoms with Crippen LogP contribution in [-0.2, 0) is 0 Å². The summed E-state index contributed by atoms with van der Waals surface area (Å²) in [7, 11) is 0. The first-order valence-corrected chi connectivity index (χ1v) is 7.37. The van der Waals surface area contributed by atoms with Gasteiger partial charge in [-0.1, -0.05) is 26.8 Å². The molecule has 106 valence electrons. The molecule has 1 aromatic carbocycles. The first-order valence-electron chi connectivity index (χ1n) is 7.37. The molecule has 0 bridgehead atoms. The fraction of sp³-hybridized carbons (Fsp3) is 0.625. The summed E-state index contributed by atoms with van der Waals surface area (Å²) in [5.74, 6) is 2.20. The lowest BCUT2D eigenvalue weighted by molar-refractivity contribution is 0.228. The molecule has 0 saturated heterocycles. The van der Waals surface area contributed by atoms with Crippen LogP contribution in [0.5, 0.6) is 11.5 Å². The highest BCUT2D eigenvalue weighted by atomic mass is 16.5. The smallest absolute Gasteiger partial charge is 0.161 e. The predicted molar refractivity (Wildman–Crippen MR) is 77.9 cm³/mol. The molecule has 1 aliphatic heterocycles. The predicted octanol–water partition coefficient (Wildman–Crippen LogP) is 3.54. The normalized spacial score (nSPS) is 19.8. The third-order valence-electron chi connectivity index (χ3n) is 3.47. The SMILES string of the molecule is CCCNC(CC)c1ccc2c(c1)OCC(C)CO2. The number of fused-ring (bicyclic) bond motifs is 1. The van der Waals surface area contributed by atoms with Gasteiger partial charge in [-0.3, -0.25) is 0 Å². The molecule has 0 saturated carbocycles. The van der Waals surface area contributed by atoms with Gasteiger partial charge in [0.05, 0.1) is 13.2 Å². The van der Waals surface area contributed by atoms with Crippen molar-refractivity contribution < 1.29 is 9.47 Å². The molecule has 3 nitrogen and oxygen atoms in total. The van der Waals surface area contributed by atoms with Crippen LogP contribution in [0.4, 0.5) is 0 Å². The van der Waals surface area contributed by atoms with Crippen LogP contribution in [0.25, 0.3) is 0 Å². The maximum atomic E-state index is 5.85. The lowest BCUT2D eigenvalue weighted by Gasteiger charge is -2.18. The molecule has 2 rings (SSSR count). The van der Waals surface area contributed by atoms with Crippen LogP contribution in [0.2, 0.25) is 0 Å². The van der Waals surface area contributed by atoms with Crippen molar-refractivity contribution in [2.45, 2.75) is 39.7 Å². The van der Waals surface area contributed by atoms with Gasteiger partial charge in [0.1, 0.15) is 0 Å². The van der Waals surface area contributed by atoms with Crippen molar-refractivity contribution in [2.24, 2.45) is 5.92 Å². The molecule has 0 radical (unpaired) electrons. The molecule has 3 heteroatoms. The Morgan fingerprint density at radius 1 is 1.21 bits per heavy atom. The third-order valence-corrected chi connectivity index (χ3v) is 3.47. The molecule has 1 aliphatic rings. The minimum Gasteiger partial charge on any atom is -0.489 e. The van der Waals surface area contributed by atoms with E-state index in [2.05, 4.69) is 38.2 Å². The molecule has 1 N–H and O–H groups in total. The molecular weight excluding hydrogens is 238 g/mol. The summed E-state index contributed by atoms with van der Waals surface area (Å²) in [6.45, 7) is 9.05. The molecule has 0 aliphatic carbocycles. The second kappa shape index (κ2) is 6.80. The molecule has 1 heterocycles. The van der Waals surface area contributed by atoms with Crippen molar-refractivity contribution in [3.63, 3.8) is 0 Å². The van der Waals surface area contributed by atoms with E-state index in [9.17, 15) is 0 Å². The summed E-state index contributed by atoms with van der Waals surface area (Å²) in [5, 5.41) is 3.57. The molecule has 19 heavy (non-hydrogen) atoms. The maximum absolute atomic E-state index is 5.85. The van der Waals surface area contributed by atoms with Crippen LogP contribution in [0.3, 0.4) is 0 Å². The molecule has 0 aromatic heterocycles. The highest BCUT2D eigenvalue weighted by Crippen LogP contribution is 2.33. The van der Waals surface area contributed by atoms with Crippen molar-refractivity contribution >= 4 is 0 Å². The van der Waals surface area contributed by atoms with E-state index >= 15 is 0 Å². The Hall–Kier alpha value is -1.22. The standard InChI is InChI=1S/C16H25NO2/c1-4-8-17-14(5-2)13-6-7-15-16(9-13)19-11-12(3)10-18-15/h6-7,9,12,14,17H,4-5,8,10-11H2,1-3H3. The van der Waals surface area contributed by atoms with Gasteiger partial charge < -0.3 is 14.8 Å². The number of rotatable bonds is 5. The Bertz CT molecular complexity index is 406. The zero-order valence-corrected chi connectivity index (χ0v) is 12.2. The number of hydrogen-bond acceptors (Lipinski definition) is 3. The van der Waals surface area contributed by atoms with Crippen molar-refractivity contribution in [1.82, 2.24) is 5.32 Å². The third kappa shape index (κ3) is 3.63. The Morgan fingerprint density at radius 3 is 2.63 bits per heavy atom. The fourth-order valence-corrected chi connectivity index (χ4v) is 2.30. The van der Waals surface area contributed by atoms with Gasteiger partial charge in [-0.15, -0.1) is 0 Å². The zero-order chi connectivity index (χ0) is 13.7. The summed E-state index contributed by atoms with van der Waals surface area (Å²) in [6, 6.07) is 6.72. The lowest BCUT2D eigenvalue weighted by atomic mass is 10.0. The van der Waals surface area contributed by atoms with Crippen LogP contribution in [0.15, 0.2) is 18.2 Å². The second-order valence-corrected chi connectivity index (χ2v) is 5.35. The first kappa shape index (κ1) is 14.2. The average Bonchev–Trinajstić information content (AvgIpc) is 2.62. The van der Waals surface area contributed by atoms with Crippen LogP contribution in [0.1, 0.15) is 45.2 Å². The van der Waals surface area contributed by atoms with Gasteiger partial charge in [0, 0.05) is 12.0 Å². The van der Waals surface area contributed by atoms with Crippen LogP contribution in [-0.4, -0.2) is 19.8 Å². The zero-order valence-electron chi connectivity index (χ0n) is 12.2.